The number of rotatable bonds is 5. The predicted octanol–water partition coefficient (Wildman–Crippen LogP) is 3.92. The molecule has 3 aromatic rings. The molecule has 23 heavy (non-hydrogen) atoms. The number of aromatic nitrogens is 2. The van der Waals surface area contributed by atoms with Crippen molar-refractivity contribution in [3.63, 3.8) is 0 Å². The molecule has 0 fully saturated rings. The smallest absolute Gasteiger partial charge is 0.123 e. The first-order valence-corrected chi connectivity index (χ1v) is 7.65. The fraction of sp³-hybridized carbons (Fsp3) is 0.211. The highest BCUT2D eigenvalue weighted by Crippen LogP contribution is 2.33. The minimum atomic E-state index is -0.216. The summed E-state index contributed by atoms with van der Waals surface area (Å²) in [6, 6.07) is 12.8. The molecule has 118 valence electrons. The molecule has 2 aromatic heterocycles. The van der Waals surface area contributed by atoms with Gasteiger partial charge < -0.3 is 9.47 Å². The highest BCUT2D eigenvalue weighted by molar-refractivity contribution is 5.81. The Balaban J connectivity index is 2.07. The number of hydrogen-bond acceptors (Lipinski definition) is 2. The third-order valence-electron chi connectivity index (χ3n) is 3.86. The van der Waals surface area contributed by atoms with E-state index in [-0.39, 0.29) is 5.82 Å². The zero-order chi connectivity index (χ0) is 16.2. The third-order valence-corrected chi connectivity index (χ3v) is 3.86. The molecule has 0 unspecified atom stereocenters. The topological polar surface area (TPSA) is 21.1 Å². The Hall–Kier alpha value is -2.46. The molecule has 1 aromatic carbocycles. The number of likely N-dealkylation sites (N-methyl/N-ethyl adjacent to an activating group) is 1. The van der Waals surface area contributed by atoms with Crippen molar-refractivity contribution < 1.29 is 4.39 Å². The van der Waals surface area contributed by atoms with Crippen LogP contribution in [-0.4, -0.2) is 35.1 Å². The molecule has 0 aliphatic carbocycles. The average Bonchev–Trinajstić information content (AvgIpc) is 2.98. The van der Waals surface area contributed by atoms with Crippen molar-refractivity contribution in [2.45, 2.75) is 6.54 Å². The molecule has 0 saturated carbocycles. The summed E-state index contributed by atoms with van der Waals surface area (Å²) in [6.45, 7) is 1.85. The van der Waals surface area contributed by atoms with E-state index in [0.717, 1.165) is 35.5 Å². The van der Waals surface area contributed by atoms with E-state index in [2.05, 4.69) is 40.8 Å². The Labute approximate surface area is 136 Å². The van der Waals surface area contributed by atoms with Gasteiger partial charge >= 0.3 is 0 Å². The minimum Gasteiger partial charge on any atom is -0.346 e. The molecular formula is C19H20FN3. The van der Waals surface area contributed by atoms with E-state index >= 15 is 0 Å². The SMILES string of the molecule is CN(C)CCn1ccc(-c2ccc(F)cc2)c1-c1ccncc1. The molecule has 0 saturated heterocycles. The standard InChI is InChI=1S/C19H20FN3/c1-22(2)13-14-23-12-9-18(15-3-5-17(20)6-4-15)19(23)16-7-10-21-11-8-16/h3-12H,13-14H2,1-2H3. The number of benzene rings is 1. The van der Waals surface area contributed by atoms with Crippen molar-refractivity contribution in [2.75, 3.05) is 20.6 Å². The lowest BCUT2D eigenvalue weighted by molar-refractivity contribution is 0.385. The maximum atomic E-state index is 13.2. The number of hydrogen-bond donors (Lipinski definition) is 0. The summed E-state index contributed by atoms with van der Waals surface area (Å²) in [5.74, 6) is -0.216. The molecule has 0 spiro atoms. The van der Waals surface area contributed by atoms with Crippen LogP contribution in [0.4, 0.5) is 4.39 Å². The minimum absolute atomic E-state index is 0.216. The van der Waals surface area contributed by atoms with E-state index in [4.69, 9.17) is 0 Å². The molecule has 3 nitrogen and oxygen atoms in total. The van der Waals surface area contributed by atoms with Crippen molar-refractivity contribution in [3.05, 3.63) is 66.9 Å². The van der Waals surface area contributed by atoms with E-state index in [9.17, 15) is 4.39 Å². The van der Waals surface area contributed by atoms with Gasteiger partial charge in [-0.15, -0.1) is 0 Å². The predicted molar refractivity (Wildman–Crippen MR) is 91.6 cm³/mol. The third kappa shape index (κ3) is 3.48. The zero-order valence-electron chi connectivity index (χ0n) is 13.4. The number of halogens is 1. The summed E-state index contributed by atoms with van der Waals surface area (Å²) in [5.41, 5.74) is 4.38. The quantitative estimate of drug-likeness (QED) is 0.712. The normalized spacial score (nSPS) is 11.1. The van der Waals surface area contributed by atoms with Crippen LogP contribution in [0.5, 0.6) is 0 Å². The summed E-state index contributed by atoms with van der Waals surface area (Å²) in [7, 11) is 4.13. The molecule has 0 atom stereocenters. The monoisotopic (exact) mass is 309 g/mol. The van der Waals surface area contributed by atoms with E-state index < -0.39 is 0 Å². The molecule has 0 aliphatic rings. The maximum Gasteiger partial charge on any atom is 0.123 e. The van der Waals surface area contributed by atoms with Crippen molar-refractivity contribution in [1.29, 1.82) is 0 Å². The van der Waals surface area contributed by atoms with E-state index in [1.807, 2.05) is 24.3 Å². The van der Waals surface area contributed by atoms with Crippen LogP contribution >= 0.6 is 0 Å². The highest BCUT2D eigenvalue weighted by atomic mass is 19.1. The molecular weight excluding hydrogens is 289 g/mol. The van der Waals surface area contributed by atoms with Gasteiger partial charge in [0.15, 0.2) is 0 Å². The summed E-state index contributed by atoms with van der Waals surface area (Å²) in [6.07, 6.45) is 5.69. The Morgan fingerprint density at radius 1 is 0.957 bits per heavy atom. The van der Waals surface area contributed by atoms with Gasteiger partial charge in [0.25, 0.3) is 0 Å². The molecule has 2 heterocycles. The zero-order valence-corrected chi connectivity index (χ0v) is 13.4. The fourth-order valence-electron chi connectivity index (χ4n) is 2.66. The second-order valence-corrected chi connectivity index (χ2v) is 5.82. The number of pyridine rings is 1. The van der Waals surface area contributed by atoms with Crippen molar-refractivity contribution in [2.24, 2.45) is 0 Å². The van der Waals surface area contributed by atoms with Gasteiger partial charge in [-0.2, -0.15) is 0 Å². The van der Waals surface area contributed by atoms with Crippen LogP contribution in [0.15, 0.2) is 61.1 Å². The van der Waals surface area contributed by atoms with E-state index in [1.54, 1.807) is 12.4 Å². The molecule has 3 rings (SSSR count). The summed E-state index contributed by atoms with van der Waals surface area (Å²) >= 11 is 0. The van der Waals surface area contributed by atoms with Crippen LogP contribution in [0.1, 0.15) is 0 Å². The van der Waals surface area contributed by atoms with Crippen LogP contribution in [0.3, 0.4) is 0 Å². The fourth-order valence-corrected chi connectivity index (χ4v) is 2.66. The lowest BCUT2D eigenvalue weighted by atomic mass is 10.0. The van der Waals surface area contributed by atoms with E-state index in [1.165, 1.54) is 12.1 Å². The Bertz CT molecular complexity index is 761. The first kappa shape index (κ1) is 15.4. The Kier molecular flexibility index (Phi) is 4.53. The number of nitrogens with zero attached hydrogens (tertiary/aromatic N) is 3. The van der Waals surface area contributed by atoms with Gasteiger partial charge in [0.1, 0.15) is 5.82 Å². The van der Waals surface area contributed by atoms with Gasteiger partial charge in [-0.05, 0) is 50.0 Å². The Morgan fingerprint density at radius 3 is 2.30 bits per heavy atom. The van der Waals surface area contributed by atoms with Gasteiger partial charge in [-0.3, -0.25) is 4.98 Å². The first-order chi connectivity index (χ1) is 11.1. The van der Waals surface area contributed by atoms with Gasteiger partial charge in [0.2, 0.25) is 0 Å². The van der Waals surface area contributed by atoms with Crippen LogP contribution in [0.2, 0.25) is 0 Å². The molecule has 0 radical (unpaired) electrons. The van der Waals surface area contributed by atoms with Crippen LogP contribution in [0.25, 0.3) is 22.4 Å². The molecule has 0 N–H and O–H groups in total. The second kappa shape index (κ2) is 6.75. The van der Waals surface area contributed by atoms with Crippen molar-refractivity contribution >= 4 is 0 Å². The molecule has 0 aliphatic heterocycles. The van der Waals surface area contributed by atoms with Gasteiger partial charge in [0.05, 0.1) is 5.69 Å². The van der Waals surface area contributed by atoms with Crippen LogP contribution < -0.4 is 0 Å². The van der Waals surface area contributed by atoms with Gasteiger partial charge in [-0.1, -0.05) is 12.1 Å². The summed E-state index contributed by atoms with van der Waals surface area (Å²) in [5, 5.41) is 0. The van der Waals surface area contributed by atoms with Crippen LogP contribution in [0, 0.1) is 5.82 Å². The Morgan fingerprint density at radius 2 is 1.65 bits per heavy atom. The summed E-state index contributed by atoms with van der Waals surface area (Å²) < 4.78 is 15.5. The molecule has 4 heteroatoms. The summed E-state index contributed by atoms with van der Waals surface area (Å²) in [4.78, 5) is 6.27. The average molecular weight is 309 g/mol. The maximum absolute atomic E-state index is 13.2. The highest BCUT2D eigenvalue weighted by Gasteiger charge is 2.13. The van der Waals surface area contributed by atoms with Crippen molar-refractivity contribution in [3.8, 4) is 22.4 Å². The van der Waals surface area contributed by atoms with Crippen LogP contribution in [-0.2, 0) is 6.54 Å². The lowest BCUT2D eigenvalue weighted by Crippen LogP contribution is -2.18. The molecule has 0 amide bonds. The van der Waals surface area contributed by atoms with Gasteiger partial charge in [0, 0.05) is 42.8 Å². The van der Waals surface area contributed by atoms with Crippen molar-refractivity contribution in [1.82, 2.24) is 14.5 Å². The second-order valence-electron chi connectivity index (χ2n) is 5.82. The van der Waals surface area contributed by atoms with Gasteiger partial charge in [-0.25, -0.2) is 4.39 Å². The largest absolute Gasteiger partial charge is 0.346 e. The lowest BCUT2D eigenvalue weighted by Gasteiger charge is -2.15. The first-order valence-electron chi connectivity index (χ1n) is 7.65. The van der Waals surface area contributed by atoms with E-state index in [0.29, 0.717) is 0 Å². The molecule has 0 bridgehead atoms.